The number of thiocarbonyl (C=S) groups is 2. The molecule has 4 rings (SSSR count). The normalized spacial score (nSPS) is 10.7. The molecule has 17 heteroatoms. The Morgan fingerprint density at radius 3 is 1.56 bits per heavy atom. The van der Waals surface area contributed by atoms with E-state index in [1.54, 1.807) is 43.3 Å². The van der Waals surface area contributed by atoms with Crippen molar-refractivity contribution in [3.05, 3.63) is 117 Å². The topological polar surface area (TPSA) is 208 Å². The number of unbranched alkanes of at least 4 members (excludes halogenated alkanes) is 1. The summed E-state index contributed by atoms with van der Waals surface area (Å²) in [5.41, 5.74) is 7.10. The fourth-order valence-corrected chi connectivity index (χ4v) is 4.83. The summed E-state index contributed by atoms with van der Waals surface area (Å²) in [7, 11) is 0. The molecule has 15 nitrogen and oxygen atoms in total. The number of nitrogens with two attached hydrogens (primary N) is 1. The summed E-state index contributed by atoms with van der Waals surface area (Å²) >= 11 is 10.1. The molecule has 0 heterocycles. The Bertz CT molecular complexity index is 2120. The molecule has 0 aromatic heterocycles. The van der Waals surface area contributed by atoms with Gasteiger partial charge in [0, 0.05) is 35.4 Å². The van der Waals surface area contributed by atoms with E-state index in [1.807, 2.05) is 6.92 Å². The summed E-state index contributed by atoms with van der Waals surface area (Å²) in [6.45, 7) is 3.33. The second-order valence-electron chi connectivity index (χ2n) is 11.5. The molecule has 0 aliphatic rings. The molecule has 0 amide bonds. The van der Waals surface area contributed by atoms with Crippen LogP contribution in [0.2, 0.25) is 0 Å². The van der Waals surface area contributed by atoms with E-state index in [4.69, 9.17) is 49.1 Å². The maximum absolute atomic E-state index is 13.2. The van der Waals surface area contributed by atoms with Crippen LogP contribution >= 0.6 is 24.4 Å². The Labute approximate surface area is 325 Å². The number of nitrogens with zero attached hydrogens (tertiary/aromatic N) is 3. The second kappa shape index (κ2) is 20.1. The van der Waals surface area contributed by atoms with Gasteiger partial charge in [-0.2, -0.15) is 10.2 Å². The van der Waals surface area contributed by atoms with Gasteiger partial charge in [-0.3, -0.25) is 9.59 Å². The summed E-state index contributed by atoms with van der Waals surface area (Å²) in [6, 6.07) is 20.8. The Hall–Kier alpha value is -6.46. The Morgan fingerprint density at radius 2 is 1.15 bits per heavy atom. The number of azo groups is 1. The molecule has 4 aromatic carbocycles. The fraction of sp³-hybridized carbons (Fsp3) is 0.211. The van der Waals surface area contributed by atoms with E-state index in [0.29, 0.717) is 16.8 Å². The molecule has 0 fully saturated rings. The van der Waals surface area contributed by atoms with Crippen LogP contribution in [-0.2, 0) is 14.4 Å². The maximum Gasteiger partial charge on any atom is 0.347 e. The van der Waals surface area contributed by atoms with Crippen LogP contribution in [0.3, 0.4) is 0 Å². The lowest BCUT2D eigenvalue weighted by molar-refractivity contribution is -0.757. The molecule has 55 heavy (non-hydrogen) atoms. The van der Waals surface area contributed by atoms with Gasteiger partial charge in [0.15, 0.2) is 0 Å². The van der Waals surface area contributed by atoms with E-state index in [0.717, 1.165) is 12.0 Å². The van der Waals surface area contributed by atoms with Crippen LogP contribution in [0.5, 0.6) is 23.0 Å². The largest absolute Gasteiger partial charge is 0.426 e. The van der Waals surface area contributed by atoms with Crippen molar-refractivity contribution in [2.24, 2.45) is 16.0 Å². The number of ether oxygens (including phenoxy) is 4. The smallest absolute Gasteiger partial charge is 0.347 e. The van der Waals surface area contributed by atoms with Gasteiger partial charge in [0.2, 0.25) is 0 Å². The summed E-state index contributed by atoms with van der Waals surface area (Å²) in [4.78, 5) is 67.2. The lowest BCUT2D eigenvalue weighted by Crippen LogP contribution is -2.15. The van der Waals surface area contributed by atoms with Gasteiger partial charge in [-0.15, -0.1) is 10.1 Å². The molecule has 0 bridgehead atoms. The first kappa shape index (κ1) is 41.3. The molecule has 0 aliphatic carbocycles. The molecule has 0 spiro atoms. The van der Waals surface area contributed by atoms with E-state index in [2.05, 4.69) is 15.1 Å². The van der Waals surface area contributed by atoms with Gasteiger partial charge in [-0.25, -0.2) is 9.59 Å². The van der Waals surface area contributed by atoms with Crippen molar-refractivity contribution < 1.29 is 48.0 Å². The van der Waals surface area contributed by atoms with Gasteiger partial charge >= 0.3 is 23.9 Å². The monoisotopic (exact) mass is 786 g/mol. The van der Waals surface area contributed by atoms with Crippen LogP contribution in [0.4, 0.5) is 11.4 Å². The van der Waals surface area contributed by atoms with Crippen molar-refractivity contribution in [1.29, 1.82) is 0 Å². The maximum atomic E-state index is 13.2. The van der Waals surface area contributed by atoms with E-state index < -0.39 is 29.0 Å². The van der Waals surface area contributed by atoms with Gasteiger partial charge < -0.3 is 29.5 Å². The highest BCUT2D eigenvalue weighted by atomic mass is 32.1. The van der Waals surface area contributed by atoms with Crippen molar-refractivity contribution >= 4 is 69.5 Å². The number of carbonyl (C=O) groups excluding carboxylic acids is 4. The van der Waals surface area contributed by atoms with E-state index in [1.165, 1.54) is 48.5 Å². The predicted octanol–water partition coefficient (Wildman–Crippen LogP) is 7.90. The lowest BCUT2D eigenvalue weighted by Gasteiger charge is -2.12. The molecule has 0 unspecified atom stereocenters. The number of esters is 4. The lowest BCUT2D eigenvalue weighted by atomic mass is 10.1. The first-order valence-corrected chi connectivity index (χ1v) is 17.5. The predicted molar refractivity (Wildman–Crippen MR) is 206 cm³/mol. The summed E-state index contributed by atoms with van der Waals surface area (Å²) in [5.74, 6) is -3.00. The molecule has 284 valence electrons. The molecule has 0 aliphatic heterocycles. The molecule has 4 aromatic rings. The highest BCUT2D eigenvalue weighted by Gasteiger charge is 2.21. The average Bonchev–Trinajstić information content (AvgIpc) is 3.15. The first-order valence-electron chi connectivity index (χ1n) is 16.7. The Balaban J connectivity index is 1.60. The third-order valence-electron chi connectivity index (χ3n) is 7.38. The van der Waals surface area contributed by atoms with Crippen molar-refractivity contribution in [1.82, 2.24) is 0 Å². The van der Waals surface area contributed by atoms with Gasteiger partial charge in [0.1, 0.15) is 39.1 Å². The van der Waals surface area contributed by atoms with Crippen molar-refractivity contribution in [2.75, 3.05) is 6.61 Å². The first-order chi connectivity index (χ1) is 26.3. The van der Waals surface area contributed by atoms with Crippen LogP contribution in [-0.4, -0.2) is 45.4 Å². The van der Waals surface area contributed by atoms with Crippen molar-refractivity contribution in [3.8, 4) is 23.0 Å². The van der Waals surface area contributed by atoms with Gasteiger partial charge in [0.25, 0.3) is 5.09 Å². The van der Waals surface area contributed by atoms with E-state index in [-0.39, 0.29) is 76.4 Å². The SMILES string of the molecule is CCCCC(=O)Oc1cc(/N=N/c2ccc(C(=O)Oc3ccc(C(C)=S)cc3)c(OC(=O)CCCO[N+](=O)[O-])c2)ccc1C(=O)Oc1ccc(C(N)=S)cc1. The number of benzene rings is 4. The highest BCUT2D eigenvalue weighted by molar-refractivity contribution is 7.81. The quantitative estimate of drug-likeness (QED) is 0.0149. The third-order valence-corrected chi connectivity index (χ3v) is 7.85. The average molecular weight is 787 g/mol. The molecule has 0 radical (unpaired) electrons. The molecule has 0 saturated carbocycles. The molecule has 0 atom stereocenters. The van der Waals surface area contributed by atoms with Gasteiger partial charge in [0.05, 0.1) is 18.0 Å². The minimum Gasteiger partial charge on any atom is -0.426 e. The minimum absolute atomic E-state index is 0.0330. The molecular weight excluding hydrogens is 753 g/mol. The minimum atomic E-state index is -0.979. The Morgan fingerprint density at radius 1 is 0.691 bits per heavy atom. The van der Waals surface area contributed by atoms with E-state index >= 15 is 0 Å². The number of hydrogen-bond donors (Lipinski definition) is 1. The zero-order chi connectivity index (χ0) is 39.9. The number of hydrogen-bond acceptors (Lipinski definition) is 15. The third kappa shape index (κ3) is 12.9. The number of rotatable bonds is 18. The molecule has 2 N–H and O–H groups in total. The van der Waals surface area contributed by atoms with Crippen LogP contribution in [0, 0.1) is 10.1 Å². The molecule has 0 saturated heterocycles. The van der Waals surface area contributed by atoms with Gasteiger partial charge in [-0.05, 0) is 86.0 Å². The highest BCUT2D eigenvalue weighted by Crippen LogP contribution is 2.31. The summed E-state index contributed by atoms with van der Waals surface area (Å²) in [6.07, 6.45) is 1.11. The second-order valence-corrected chi connectivity index (χ2v) is 12.6. The van der Waals surface area contributed by atoms with Crippen LogP contribution < -0.4 is 24.7 Å². The standard InChI is InChI=1S/C38H34N4O11S2/c1-3-4-6-34(43)52-32-21-26(12-18-30(32)38(46)51-29-16-10-25(11-17-29)36(39)55)40-41-27-13-19-31(33(22-27)53-35(44)7-5-20-49-42(47)48)37(45)50-28-14-8-24(9-15-28)23(2)54/h8-19,21-22H,3-7,20H2,1-2H3,(H2,39,55)/b41-40+. The van der Waals surface area contributed by atoms with Crippen LogP contribution in [0.25, 0.3) is 0 Å². The Kier molecular flexibility index (Phi) is 15.1. The molecular formula is C38H34N4O11S2. The fourth-order valence-electron chi connectivity index (χ4n) is 4.56. The summed E-state index contributed by atoms with van der Waals surface area (Å²) in [5, 5.41) is 17.8. The number of carbonyl (C=O) groups is 4. The summed E-state index contributed by atoms with van der Waals surface area (Å²) < 4.78 is 22.0. The zero-order valence-corrected chi connectivity index (χ0v) is 31.2. The zero-order valence-electron chi connectivity index (χ0n) is 29.6. The van der Waals surface area contributed by atoms with Crippen molar-refractivity contribution in [2.45, 2.75) is 46.0 Å². The van der Waals surface area contributed by atoms with Crippen molar-refractivity contribution in [3.63, 3.8) is 0 Å². The van der Waals surface area contributed by atoms with Gasteiger partial charge in [-0.1, -0.05) is 49.9 Å². The van der Waals surface area contributed by atoms with Crippen LogP contribution in [0.1, 0.15) is 77.8 Å². The van der Waals surface area contributed by atoms with E-state index in [9.17, 15) is 29.3 Å². The van der Waals surface area contributed by atoms with Crippen LogP contribution in [0.15, 0.2) is 95.2 Å².